The van der Waals surface area contributed by atoms with Crippen LogP contribution in [0, 0.1) is 19.7 Å². The number of carbonyl (C=O) groups excluding carboxylic acids is 2. The van der Waals surface area contributed by atoms with E-state index < -0.39 is 23.8 Å². The van der Waals surface area contributed by atoms with Crippen LogP contribution in [-0.2, 0) is 16.1 Å². The van der Waals surface area contributed by atoms with Crippen LogP contribution < -0.4 is 5.32 Å². The summed E-state index contributed by atoms with van der Waals surface area (Å²) >= 11 is 0. The molecule has 2 heterocycles. The summed E-state index contributed by atoms with van der Waals surface area (Å²) in [4.78, 5) is 24.8. The fraction of sp³-hybridized carbons (Fsp3) is 0.238. The molecule has 0 spiro atoms. The minimum absolute atomic E-state index is 0.296. The van der Waals surface area contributed by atoms with Gasteiger partial charge in [0.25, 0.3) is 5.91 Å². The van der Waals surface area contributed by atoms with Gasteiger partial charge in [0.1, 0.15) is 11.6 Å². The van der Waals surface area contributed by atoms with E-state index in [1.807, 2.05) is 24.5 Å². The molecule has 0 unspecified atom stereocenters. The molecule has 0 radical (unpaired) electrons. The fourth-order valence-electron chi connectivity index (χ4n) is 2.90. The Hall–Kier alpha value is -3.35. The van der Waals surface area contributed by atoms with Crippen LogP contribution in [0.5, 0.6) is 0 Å². The SMILES string of the molecule is Cc1cc(C(=O)O[C@H](C)C(=O)Nc2cccc(F)c2)c(C)n1Cc1ccco1. The molecule has 2 aromatic heterocycles. The Morgan fingerprint density at radius 3 is 2.68 bits per heavy atom. The molecule has 1 aromatic carbocycles. The van der Waals surface area contributed by atoms with E-state index in [0.29, 0.717) is 17.8 Å². The van der Waals surface area contributed by atoms with Crippen molar-refractivity contribution in [1.29, 1.82) is 0 Å². The van der Waals surface area contributed by atoms with Crippen LogP contribution in [0.4, 0.5) is 10.1 Å². The normalized spacial score (nSPS) is 11.9. The van der Waals surface area contributed by atoms with E-state index in [4.69, 9.17) is 9.15 Å². The van der Waals surface area contributed by atoms with Crippen LogP contribution in [0.1, 0.15) is 34.4 Å². The minimum Gasteiger partial charge on any atom is -0.467 e. The van der Waals surface area contributed by atoms with Gasteiger partial charge < -0.3 is 19.0 Å². The molecule has 0 saturated heterocycles. The molecule has 0 fully saturated rings. The highest BCUT2D eigenvalue weighted by atomic mass is 19.1. The van der Waals surface area contributed by atoms with Crippen LogP contribution >= 0.6 is 0 Å². The van der Waals surface area contributed by atoms with E-state index in [1.165, 1.54) is 25.1 Å². The first kappa shape index (κ1) is 19.4. The predicted octanol–water partition coefficient (Wildman–Crippen LogP) is 4.07. The van der Waals surface area contributed by atoms with Gasteiger partial charge in [-0.3, -0.25) is 4.79 Å². The Morgan fingerprint density at radius 2 is 2.00 bits per heavy atom. The number of hydrogen-bond donors (Lipinski definition) is 1. The number of aromatic nitrogens is 1. The molecular weight excluding hydrogens is 363 g/mol. The van der Waals surface area contributed by atoms with Crippen molar-refractivity contribution in [3.8, 4) is 0 Å². The second-order valence-corrected chi connectivity index (χ2v) is 6.50. The van der Waals surface area contributed by atoms with E-state index >= 15 is 0 Å². The number of nitrogens with one attached hydrogen (secondary N) is 1. The van der Waals surface area contributed by atoms with Crippen molar-refractivity contribution in [2.45, 2.75) is 33.4 Å². The molecule has 1 N–H and O–H groups in total. The predicted molar refractivity (Wildman–Crippen MR) is 102 cm³/mol. The van der Waals surface area contributed by atoms with Crippen molar-refractivity contribution in [1.82, 2.24) is 4.57 Å². The lowest BCUT2D eigenvalue weighted by Gasteiger charge is -2.14. The molecule has 1 amide bonds. The smallest absolute Gasteiger partial charge is 0.340 e. The second-order valence-electron chi connectivity index (χ2n) is 6.50. The number of benzene rings is 1. The number of hydrogen-bond acceptors (Lipinski definition) is 4. The monoisotopic (exact) mass is 384 g/mol. The molecule has 0 aliphatic carbocycles. The molecule has 1 atom stereocenters. The van der Waals surface area contributed by atoms with Gasteiger partial charge >= 0.3 is 5.97 Å². The first-order chi connectivity index (χ1) is 13.3. The molecule has 3 aromatic rings. The number of esters is 1. The van der Waals surface area contributed by atoms with Crippen molar-refractivity contribution < 1.29 is 23.1 Å². The average molecular weight is 384 g/mol. The standard InChI is InChI=1S/C21H21FN2O4/c1-13-10-19(14(2)24(13)12-18-8-5-9-27-18)21(26)28-15(3)20(25)23-17-7-4-6-16(22)11-17/h4-11,15H,12H2,1-3H3,(H,23,25)/t15-/m1/s1. The summed E-state index contributed by atoms with van der Waals surface area (Å²) in [7, 11) is 0. The second kappa shape index (κ2) is 8.12. The van der Waals surface area contributed by atoms with Crippen molar-refractivity contribution in [2.24, 2.45) is 0 Å². The summed E-state index contributed by atoms with van der Waals surface area (Å²) in [6.45, 7) is 5.65. The molecule has 7 heteroatoms. The number of amides is 1. The molecular formula is C21H21FN2O4. The third-order valence-electron chi connectivity index (χ3n) is 4.43. The van der Waals surface area contributed by atoms with Crippen LogP contribution in [0.25, 0.3) is 0 Å². The first-order valence-electron chi connectivity index (χ1n) is 8.81. The number of carbonyl (C=O) groups is 2. The highest BCUT2D eigenvalue weighted by Gasteiger charge is 2.23. The summed E-state index contributed by atoms with van der Waals surface area (Å²) in [6, 6.07) is 10.9. The number of anilines is 1. The maximum absolute atomic E-state index is 13.2. The topological polar surface area (TPSA) is 73.5 Å². The number of furan rings is 1. The molecule has 3 rings (SSSR count). The van der Waals surface area contributed by atoms with E-state index in [-0.39, 0.29) is 0 Å². The Labute approximate surface area is 161 Å². The lowest BCUT2D eigenvalue weighted by atomic mass is 10.2. The van der Waals surface area contributed by atoms with Gasteiger partial charge in [0.05, 0.1) is 18.4 Å². The zero-order valence-electron chi connectivity index (χ0n) is 15.9. The third-order valence-corrected chi connectivity index (χ3v) is 4.43. The van der Waals surface area contributed by atoms with Gasteiger partial charge in [-0.1, -0.05) is 6.07 Å². The van der Waals surface area contributed by atoms with Crippen LogP contribution in [-0.4, -0.2) is 22.5 Å². The van der Waals surface area contributed by atoms with Crippen LogP contribution in [0.2, 0.25) is 0 Å². The molecule has 0 aliphatic rings. The summed E-state index contributed by atoms with van der Waals surface area (Å²) < 4.78 is 25.8. The minimum atomic E-state index is -1.04. The zero-order valence-corrected chi connectivity index (χ0v) is 15.9. The van der Waals surface area contributed by atoms with E-state index in [1.54, 1.807) is 24.5 Å². The number of ether oxygens (including phenoxy) is 1. The lowest BCUT2D eigenvalue weighted by molar-refractivity contribution is -0.123. The summed E-state index contributed by atoms with van der Waals surface area (Å²) in [5.41, 5.74) is 2.27. The average Bonchev–Trinajstić information content (AvgIpc) is 3.25. The maximum atomic E-state index is 13.2. The van der Waals surface area contributed by atoms with Gasteiger partial charge in [-0.25, -0.2) is 9.18 Å². The largest absolute Gasteiger partial charge is 0.467 e. The third kappa shape index (κ3) is 4.31. The quantitative estimate of drug-likeness (QED) is 0.650. The van der Waals surface area contributed by atoms with Gasteiger partial charge in [-0.2, -0.15) is 0 Å². The highest BCUT2D eigenvalue weighted by molar-refractivity contribution is 5.97. The maximum Gasteiger partial charge on any atom is 0.340 e. The first-order valence-corrected chi connectivity index (χ1v) is 8.81. The van der Waals surface area contributed by atoms with Crippen LogP contribution in [0.3, 0.4) is 0 Å². The Morgan fingerprint density at radius 1 is 1.21 bits per heavy atom. The van der Waals surface area contributed by atoms with E-state index in [9.17, 15) is 14.0 Å². The lowest BCUT2D eigenvalue weighted by Crippen LogP contribution is -2.30. The van der Waals surface area contributed by atoms with E-state index in [2.05, 4.69) is 5.32 Å². The summed E-state index contributed by atoms with van der Waals surface area (Å²) in [5, 5.41) is 2.53. The molecule has 146 valence electrons. The number of rotatable bonds is 6. The molecule has 6 nitrogen and oxygen atoms in total. The Bertz CT molecular complexity index is 992. The van der Waals surface area contributed by atoms with Crippen molar-refractivity contribution >= 4 is 17.6 Å². The molecule has 0 aliphatic heterocycles. The van der Waals surface area contributed by atoms with Crippen LogP contribution in [0.15, 0.2) is 53.1 Å². The molecule has 0 bridgehead atoms. The van der Waals surface area contributed by atoms with Gasteiger partial charge in [0, 0.05) is 17.1 Å². The number of halogens is 1. The molecule has 28 heavy (non-hydrogen) atoms. The van der Waals surface area contributed by atoms with Gasteiger partial charge in [0.15, 0.2) is 6.10 Å². The van der Waals surface area contributed by atoms with Crippen molar-refractivity contribution in [2.75, 3.05) is 5.32 Å². The van der Waals surface area contributed by atoms with Gasteiger partial charge in [0.2, 0.25) is 0 Å². The number of aryl methyl sites for hydroxylation is 1. The number of nitrogens with zero attached hydrogens (tertiary/aromatic N) is 1. The summed E-state index contributed by atoms with van der Waals surface area (Å²) in [6.07, 6.45) is 0.557. The fourth-order valence-corrected chi connectivity index (χ4v) is 2.90. The summed E-state index contributed by atoms with van der Waals surface area (Å²) in [5.74, 6) is -0.833. The Balaban J connectivity index is 1.67. The van der Waals surface area contributed by atoms with E-state index in [0.717, 1.165) is 17.1 Å². The van der Waals surface area contributed by atoms with Gasteiger partial charge in [-0.15, -0.1) is 0 Å². The van der Waals surface area contributed by atoms with Crippen molar-refractivity contribution in [3.05, 3.63) is 77.3 Å². The van der Waals surface area contributed by atoms with Gasteiger partial charge in [-0.05, 0) is 57.2 Å². The Kier molecular flexibility index (Phi) is 5.63. The highest BCUT2D eigenvalue weighted by Crippen LogP contribution is 2.19. The van der Waals surface area contributed by atoms with Crippen molar-refractivity contribution in [3.63, 3.8) is 0 Å². The zero-order chi connectivity index (χ0) is 20.3. The molecule has 0 saturated carbocycles.